The second-order valence-electron chi connectivity index (χ2n) is 3.81. The fraction of sp³-hybridized carbons (Fsp3) is 0.667. The van der Waals surface area contributed by atoms with Gasteiger partial charge in [-0.25, -0.2) is 4.68 Å². The summed E-state index contributed by atoms with van der Waals surface area (Å²) in [6.45, 7) is 5.64. The van der Waals surface area contributed by atoms with Gasteiger partial charge in [0.1, 0.15) is 6.61 Å². The van der Waals surface area contributed by atoms with Crippen LogP contribution >= 0.6 is 0 Å². The first-order chi connectivity index (χ1) is 6.18. The lowest BCUT2D eigenvalue weighted by atomic mass is 10.1. The van der Waals surface area contributed by atoms with E-state index in [2.05, 4.69) is 18.9 Å². The third kappa shape index (κ3) is 1.42. The maximum atomic E-state index is 5.75. The molecule has 4 heteroatoms. The third-order valence-electron chi connectivity index (χ3n) is 2.28. The molecule has 0 amide bonds. The first kappa shape index (κ1) is 8.56. The fourth-order valence-corrected chi connectivity index (χ4v) is 1.53. The zero-order valence-corrected chi connectivity index (χ0v) is 8.03. The lowest BCUT2D eigenvalue weighted by Gasteiger charge is -2.22. The Hall–Kier alpha value is -1.03. The van der Waals surface area contributed by atoms with E-state index in [0.717, 1.165) is 12.4 Å². The van der Waals surface area contributed by atoms with Gasteiger partial charge in [0.25, 0.3) is 0 Å². The summed E-state index contributed by atoms with van der Waals surface area (Å²) in [6.07, 6.45) is 1.87. The van der Waals surface area contributed by atoms with Crippen LogP contribution in [0.25, 0.3) is 0 Å². The van der Waals surface area contributed by atoms with Gasteiger partial charge < -0.3 is 10.5 Å². The van der Waals surface area contributed by atoms with E-state index in [9.17, 15) is 0 Å². The highest BCUT2D eigenvalue weighted by Crippen LogP contribution is 2.28. The second kappa shape index (κ2) is 3.03. The summed E-state index contributed by atoms with van der Waals surface area (Å²) in [7, 11) is 0. The average molecular weight is 181 g/mol. The molecule has 2 heterocycles. The summed E-state index contributed by atoms with van der Waals surface area (Å²) in [6, 6.07) is 0.0763. The molecule has 0 fully saturated rings. The van der Waals surface area contributed by atoms with E-state index in [0.29, 0.717) is 12.5 Å². The van der Waals surface area contributed by atoms with Gasteiger partial charge in [0.05, 0.1) is 18.8 Å². The minimum absolute atomic E-state index is 0.0763. The van der Waals surface area contributed by atoms with Crippen LogP contribution in [0.4, 0.5) is 0 Å². The Kier molecular flexibility index (Phi) is 2.00. The first-order valence-corrected chi connectivity index (χ1v) is 4.62. The predicted molar refractivity (Wildman–Crippen MR) is 49.8 cm³/mol. The van der Waals surface area contributed by atoms with Crippen LogP contribution in [0.15, 0.2) is 6.20 Å². The molecule has 1 aromatic rings. The van der Waals surface area contributed by atoms with E-state index in [4.69, 9.17) is 10.5 Å². The maximum absolute atomic E-state index is 5.75. The number of nitrogens with zero attached hydrogens (tertiary/aromatic N) is 2. The van der Waals surface area contributed by atoms with Crippen molar-refractivity contribution in [1.29, 1.82) is 0 Å². The van der Waals surface area contributed by atoms with Crippen LogP contribution in [0.2, 0.25) is 0 Å². The van der Waals surface area contributed by atoms with Crippen molar-refractivity contribution >= 4 is 0 Å². The third-order valence-corrected chi connectivity index (χ3v) is 2.28. The van der Waals surface area contributed by atoms with Crippen LogP contribution in [0, 0.1) is 0 Å². The van der Waals surface area contributed by atoms with Crippen molar-refractivity contribution in [3.63, 3.8) is 0 Å². The van der Waals surface area contributed by atoms with E-state index in [1.165, 1.54) is 5.56 Å². The summed E-state index contributed by atoms with van der Waals surface area (Å²) in [5.74, 6) is 1.36. The van der Waals surface area contributed by atoms with Gasteiger partial charge in [-0.3, -0.25) is 0 Å². The Morgan fingerprint density at radius 1 is 1.69 bits per heavy atom. The fourth-order valence-electron chi connectivity index (χ4n) is 1.53. The molecule has 0 aliphatic carbocycles. The first-order valence-electron chi connectivity index (χ1n) is 4.62. The van der Waals surface area contributed by atoms with Crippen molar-refractivity contribution in [3.05, 3.63) is 11.8 Å². The summed E-state index contributed by atoms with van der Waals surface area (Å²) in [5.41, 5.74) is 6.92. The van der Waals surface area contributed by atoms with Crippen molar-refractivity contribution < 1.29 is 4.74 Å². The van der Waals surface area contributed by atoms with Crippen molar-refractivity contribution in [2.24, 2.45) is 5.73 Å². The van der Waals surface area contributed by atoms with Gasteiger partial charge in [-0.15, -0.1) is 0 Å². The molecule has 0 bridgehead atoms. The maximum Gasteiger partial charge on any atom is 0.215 e. The second-order valence-corrected chi connectivity index (χ2v) is 3.81. The van der Waals surface area contributed by atoms with Crippen LogP contribution in [0.3, 0.4) is 0 Å². The van der Waals surface area contributed by atoms with Gasteiger partial charge in [0, 0.05) is 5.56 Å². The largest absolute Gasteiger partial charge is 0.476 e. The lowest BCUT2D eigenvalue weighted by molar-refractivity contribution is 0.203. The molecule has 2 rings (SSSR count). The summed E-state index contributed by atoms with van der Waals surface area (Å²) in [5, 5.41) is 4.24. The minimum atomic E-state index is 0.0763. The monoisotopic (exact) mass is 181 g/mol. The molecule has 0 saturated heterocycles. The summed E-state index contributed by atoms with van der Waals surface area (Å²) in [4.78, 5) is 0. The number of hydrogen-bond donors (Lipinski definition) is 1. The molecule has 0 spiro atoms. The van der Waals surface area contributed by atoms with Gasteiger partial charge in [-0.1, -0.05) is 13.8 Å². The van der Waals surface area contributed by atoms with Gasteiger partial charge in [-0.05, 0) is 5.92 Å². The van der Waals surface area contributed by atoms with Gasteiger partial charge in [0.15, 0.2) is 0 Å². The predicted octanol–water partition coefficient (Wildman–Crippen LogP) is 0.726. The lowest BCUT2D eigenvalue weighted by Crippen LogP contribution is -2.37. The molecular formula is C9H15N3O. The van der Waals surface area contributed by atoms with Crippen molar-refractivity contribution in [1.82, 2.24) is 9.78 Å². The van der Waals surface area contributed by atoms with Gasteiger partial charge in [-0.2, -0.15) is 5.10 Å². The zero-order chi connectivity index (χ0) is 9.42. The Balaban J connectivity index is 2.33. The average Bonchev–Trinajstić information content (AvgIpc) is 2.46. The number of rotatable bonds is 1. The normalized spacial score (nSPS) is 21.4. The molecule has 1 aliphatic rings. The summed E-state index contributed by atoms with van der Waals surface area (Å²) >= 11 is 0. The van der Waals surface area contributed by atoms with Gasteiger partial charge >= 0.3 is 0 Å². The molecule has 0 unspecified atom stereocenters. The number of ether oxygens (including phenoxy) is 1. The van der Waals surface area contributed by atoms with Crippen LogP contribution in [0.5, 0.6) is 5.88 Å². The van der Waals surface area contributed by atoms with E-state index in [1.54, 1.807) is 0 Å². The molecule has 0 saturated carbocycles. The van der Waals surface area contributed by atoms with Crippen LogP contribution in [-0.4, -0.2) is 22.4 Å². The SMILES string of the molecule is CC(C)c1cnn2c1OC[C@H](N)C2. The molecule has 72 valence electrons. The van der Waals surface area contributed by atoms with E-state index in [1.807, 2.05) is 10.9 Å². The number of aromatic nitrogens is 2. The molecule has 1 aliphatic heterocycles. The van der Waals surface area contributed by atoms with Crippen LogP contribution < -0.4 is 10.5 Å². The molecule has 4 nitrogen and oxygen atoms in total. The highest BCUT2D eigenvalue weighted by Gasteiger charge is 2.21. The molecule has 2 N–H and O–H groups in total. The summed E-state index contributed by atoms with van der Waals surface area (Å²) < 4.78 is 7.39. The van der Waals surface area contributed by atoms with E-state index >= 15 is 0 Å². The zero-order valence-electron chi connectivity index (χ0n) is 8.03. The molecule has 13 heavy (non-hydrogen) atoms. The Bertz CT molecular complexity index is 306. The Morgan fingerprint density at radius 2 is 2.46 bits per heavy atom. The Labute approximate surface area is 77.7 Å². The van der Waals surface area contributed by atoms with E-state index < -0.39 is 0 Å². The molecule has 0 radical (unpaired) electrons. The van der Waals surface area contributed by atoms with Crippen molar-refractivity contribution in [2.75, 3.05) is 6.61 Å². The smallest absolute Gasteiger partial charge is 0.215 e. The molecule has 1 aromatic heterocycles. The number of nitrogens with two attached hydrogens (primary N) is 1. The number of fused-ring (bicyclic) bond motifs is 1. The van der Waals surface area contributed by atoms with E-state index in [-0.39, 0.29) is 6.04 Å². The van der Waals surface area contributed by atoms with Crippen molar-refractivity contribution in [3.8, 4) is 5.88 Å². The topological polar surface area (TPSA) is 53.1 Å². The van der Waals surface area contributed by atoms with Crippen molar-refractivity contribution in [2.45, 2.75) is 32.4 Å². The minimum Gasteiger partial charge on any atom is -0.476 e. The molecule has 0 aromatic carbocycles. The Morgan fingerprint density at radius 3 is 3.15 bits per heavy atom. The molecular weight excluding hydrogens is 166 g/mol. The highest BCUT2D eigenvalue weighted by atomic mass is 16.5. The highest BCUT2D eigenvalue weighted by molar-refractivity contribution is 5.28. The van der Waals surface area contributed by atoms with Gasteiger partial charge in [0.2, 0.25) is 5.88 Å². The van der Waals surface area contributed by atoms with Crippen LogP contribution in [0.1, 0.15) is 25.3 Å². The van der Waals surface area contributed by atoms with Crippen LogP contribution in [-0.2, 0) is 6.54 Å². The quantitative estimate of drug-likeness (QED) is 0.694. The number of hydrogen-bond acceptors (Lipinski definition) is 3. The molecule has 1 atom stereocenters. The standard InChI is InChI=1S/C9H15N3O/c1-6(2)8-3-11-12-4-7(10)5-13-9(8)12/h3,6-7H,4-5,10H2,1-2H3/t7-/m1/s1.